The number of aromatic nitrogens is 4. The summed E-state index contributed by atoms with van der Waals surface area (Å²) in [4.78, 5) is 2.73. The number of likely N-dealkylation sites (tertiary alicyclic amines) is 1. The van der Waals surface area contributed by atoms with Crippen LogP contribution in [0.5, 0.6) is 0 Å². The molecule has 0 unspecified atom stereocenters. The molecule has 0 atom stereocenters. The molecule has 4 heterocycles. The second-order valence-electron chi connectivity index (χ2n) is 12.0. The second kappa shape index (κ2) is 8.90. The lowest BCUT2D eigenvalue weighted by molar-refractivity contribution is 0.0461. The SMILES string of the molecule is Cc1cc(C2CC2)n(-c2cnnc(NC3CCC(C)(CN4CCC5(CCOC5)CC4)CC3)c2)n1. The molecule has 7 heteroatoms. The van der Waals surface area contributed by atoms with E-state index in [-0.39, 0.29) is 0 Å². The molecule has 7 nitrogen and oxygen atoms in total. The van der Waals surface area contributed by atoms with Gasteiger partial charge < -0.3 is 15.0 Å². The summed E-state index contributed by atoms with van der Waals surface area (Å²) in [6, 6.07) is 4.81. The molecule has 2 aromatic rings. The Morgan fingerprint density at radius 3 is 2.56 bits per heavy atom. The third-order valence-corrected chi connectivity index (χ3v) is 8.99. The van der Waals surface area contributed by atoms with E-state index in [4.69, 9.17) is 9.84 Å². The fourth-order valence-electron chi connectivity index (χ4n) is 6.53. The van der Waals surface area contributed by atoms with E-state index in [0.717, 1.165) is 30.4 Å². The Balaban J connectivity index is 1.03. The molecule has 2 aliphatic heterocycles. The molecule has 0 aromatic carbocycles. The normalized spacial score (nSPS) is 29.5. The largest absolute Gasteiger partial charge is 0.381 e. The molecule has 4 aliphatic rings. The van der Waals surface area contributed by atoms with E-state index in [2.05, 4.69) is 51.1 Å². The molecule has 6 rings (SSSR count). The Bertz CT molecular complexity index is 990. The first-order valence-corrected chi connectivity index (χ1v) is 13.5. The van der Waals surface area contributed by atoms with Gasteiger partial charge in [0, 0.05) is 36.9 Å². The minimum absolute atomic E-state index is 0.425. The Hall–Kier alpha value is -1.99. The minimum atomic E-state index is 0.425. The standard InChI is InChI=1S/C27H40N6O/c1-20-15-24(21-3-4-21)33(31-20)23-16-25(30-28-17-23)29-22-5-7-26(2,8-6-22)18-32-12-9-27(10-13-32)11-14-34-19-27/h15-17,21-22H,3-14,18-19H2,1-2H3,(H,29,30). The minimum Gasteiger partial charge on any atom is -0.381 e. The van der Waals surface area contributed by atoms with E-state index in [1.54, 1.807) is 0 Å². The van der Waals surface area contributed by atoms with Gasteiger partial charge >= 0.3 is 0 Å². The number of hydrogen-bond acceptors (Lipinski definition) is 6. The van der Waals surface area contributed by atoms with Gasteiger partial charge in [-0.1, -0.05) is 6.92 Å². The maximum atomic E-state index is 5.72. The lowest BCUT2D eigenvalue weighted by Crippen LogP contribution is -2.46. The van der Waals surface area contributed by atoms with Crippen molar-refractivity contribution >= 4 is 5.82 Å². The molecule has 0 radical (unpaired) electrons. The van der Waals surface area contributed by atoms with Crippen molar-refractivity contribution in [2.45, 2.75) is 83.6 Å². The van der Waals surface area contributed by atoms with Gasteiger partial charge in [-0.3, -0.25) is 0 Å². The summed E-state index contributed by atoms with van der Waals surface area (Å²) in [6.45, 7) is 10.3. The van der Waals surface area contributed by atoms with Gasteiger partial charge in [0.25, 0.3) is 0 Å². The maximum Gasteiger partial charge on any atom is 0.151 e. The highest BCUT2D eigenvalue weighted by Gasteiger charge is 2.40. The van der Waals surface area contributed by atoms with E-state index >= 15 is 0 Å². The van der Waals surface area contributed by atoms with E-state index in [1.807, 2.05) is 6.20 Å². The van der Waals surface area contributed by atoms with Crippen LogP contribution in [0.3, 0.4) is 0 Å². The van der Waals surface area contributed by atoms with Crippen molar-refractivity contribution in [2.24, 2.45) is 10.8 Å². The zero-order valence-corrected chi connectivity index (χ0v) is 20.9. The zero-order valence-electron chi connectivity index (χ0n) is 20.9. The predicted molar refractivity (Wildman–Crippen MR) is 133 cm³/mol. The molecule has 2 aromatic heterocycles. The molecular weight excluding hydrogens is 424 g/mol. The quantitative estimate of drug-likeness (QED) is 0.668. The van der Waals surface area contributed by atoms with Crippen LogP contribution in [0.2, 0.25) is 0 Å². The maximum absolute atomic E-state index is 5.72. The first-order valence-electron chi connectivity index (χ1n) is 13.5. The van der Waals surface area contributed by atoms with Crippen molar-refractivity contribution in [2.75, 3.05) is 38.2 Å². The number of nitrogens with zero attached hydrogens (tertiary/aromatic N) is 5. The molecule has 2 saturated heterocycles. The molecule has 1 N–H and O–H groups in total. The first kappa shape index (κ1) is 22.5. The Labute approximate surface area is 203 Å². The number of piperidine rings is 1. The Kier molecular flexibility index (Phi) is 5.88. The van der Waals surface area contributed by atoms with Crippen LogP contribution in [0.25, 0.3) is 5.69 Å². The lowest BCUT2D eigenvalue weighted by atomic mass is 9.72. The Morgan fingerprint density at radius 2 is 1.85 bits per heavy atom. The smallest absolute Gasteiger partial charge is 0.151 e. The molecule has 2 aliphatic carbocycles. The van der Waals surface area contributed by atoms with Crippen molar-refractivity contribution in [3.05, 3.63) is 29.7 Å². The summed E-state index contributed by atoms with van der Waals surface area (Å²) >= 11 is 0. The number of rotatable bonds is 6. The monoisotopic (exact) mass is 464 g/mol. The first-order chi connectivity index (χ1) is 16.5. The average Bonchev–Trinajstić information content (AvgIpc) is 3.46. The molecule has 0 bridgehead atoms. The Morgan fingerprint density at radius 1 is 1.06 bits per heavy atom. The molecule has 184 valence electrons. The van der Waals surface area contributed by atoms with Gasteiger partial charge in [-0.2, -0.15) is 10.2 Å². The summed E-state index contributed by atoms with van der Waals surface area (Å²) < 4.78 is 7.79. The van der Waals surface area contributed by atoms with E-state index in [9.17, 15) is 0 Å². The van der Waals surface area contributed by atoms with Gasteiger partial charge in [0.2, 0.25) is 0 Å². The van der Waals surface area contributed by atoms with Gasteiger partial charge in [-0.15, -0.1) is 5.10 Å². The third kappa shape index (κ3) is 4.74. The van der Waals surface area contributed by atoms with Crippen LogP contribution >= 0.6 is 0 Å². The van der Waals surface area contributed by atoms with Gasteiger partial charge in [-0.25, -0.2) is 4.68 Å². The number of anilines is 1. The van der Waals surface area contributed by atoms with Crippen LogP contribution in [0.15, 0.2) is 18.3 Å². The van der Waals surface area contributed by atoms with Crippen molar-refractivity contribution in [3.8, 4) is 5.69 Å². The fourth-order valence-corrected chi connectivity index (χ4v) is 6.53. The van der Waals surface area contributed by atoms with Crippen molar-refractivity contribution in [3.63, 3.8) is 0 Å². The average molecular weight is 465 g/mol. The van der Waals surface area contributed by atoms with Gasteiger partial charge in [0.15, 0.2) is 5.82 Å². The van der Waals surface area contributed by atoms with Crippen molar-refractivity contribution < 1.29 is 4.74 Å². The van der Waals surface area contributed by atoms with Crippen LogP contribution in [0, 0.1) is 17.8 Å². The van der Waals surface area contributed by atoms with Crippen molar-refractivity contribution in [1.82, 2.24) is 24.9 Å². The summed E-state index contributed by atoms with van der Waals surface area (Å²) in [5.74, 6) is 1.53. The van der Waals surface area contributed by atoms with E-state index < -0.39 is 0 Å². The lowest BCUT2D eigenvalue weighted by Gasteiger charge is -2.45. The van der Waals surface area contributed by atoms with Crippen LogP contribution < -0.4 is 5.32 Å². The van der Waals surface area contributed by atoms with Crippen LogP contribution in [0.4, 0.5) is 5.82 Å². The van der Waals surface area contributed by atoms with Gasteiger partial charge in [0.05, 0.1) is 24.2 Å². The summed E-state index contributed by atoms with van der Waals surface area (Å²) in [5, 5.41) is 17.1. The molecule has 0 amide bonds. The van der Waals surface area contributed by atoms with Gasteiger partial charge in [0.1, 0.15) is 0 Å². The zero-order chi connectivity index (χ0) is 23.2. The fraction of sp³-hybridized carbons (Fsp3) is 0.741. The van der Waals surface area contributed by atoms with E-state index in [1.165, 1.54) is 83.1 Å². The van der Waals surface area contributed by atoms with Crippen LogP contribution in [0.1, 0.15) is 82.0 Å². The summed E-state index contributed by atoms with van der Waals surface area (Å²) in [7, 11) is 0. The number of ether oxygens (including phenoxy) is 1. The number of hydrogen-bond donors (Lipinski definition) is 1. The molecular formula is C27H40N6O. The van der Waals surface area contributed by atoms with Gasteiger partial charge in [-0.05, 0) is 94.7 Å². The number of nitrogens with one attached hydrogen (secondary N) is 1. The predicted octanol–water partition coefficient (Wildman–Crippen LogP) is 4.71. The molecule has 34 heavy (non-hydrogen) atoms. The highest BCUT2D eigenvalue weighted by Crippen LogP contribution is 2.43. The second-order valence-corrected chi connectivity index (χ2v) is 12.0. The highest BCUT2D eigenvalue weighted by atomic mass is 16.5. The van der Waals surface area contributed by atoms with E-state index in [0.29, 0.717) is 22.8 Å². The summed E-state index contributed by atoms with van der Waals surface area (Å²) in [6.07, 6.45) is 13.2. The van der Waals surface area contributed by atoms with Crippen LogP contribution in [-0.4, -0.2) is 63.8 Å². The molecule has 2 saturated carbocycles. The summed E-state index contributed by atoms with van der Waals surface area (Å²) in [5.41, 5.74) is 4.33. The van der Waals surface area contributed by atoms with Crippen molar-refractivity contribution in [1.29, 1.82) is 0 Å². The third-order valence-electron chi connectivity index (χ3n) is 8.99. The topological polar surface area (TPSA) is 68.1 Å². The van der Waals surface area contributed by atoms with Crippen LogP contribution in [-0.2, 0) is 4.74 Å². The highest BCUT2D eigenvalue weighted by molar-refractivity contribution is 5.44. The molecule has 1 spiro atoms. The molecule has 4 fully saturated rings. The number of aryl methyl sites for hydroxylation is 1.